The molecule has 0 saturated heterocycles. The number of amides is 4. The molecule has 0 radical (unpaired) electrons. The summed E-state index contributed by atoms with van der Waals surface area (Å²) in [5.74, 6) is -1.37. The van der Waals surface area contributed by atoms with Crippen LogP contribution in [-0.4, -0.2) is 56.7 Å². The molecule has 1 aromatic carbocycles. The maximum Gasteiger partial charge on any atom is 0.245 e. The molecule has 11 heteroatoms. The summed E-state index contributed by atoms with van der Waals surface area (Å²) in [7, 11) is 0. The van der Waals surface area contributed by atoms with Gasteiger partial charge in [0.1, 0.15) is 29.9 Å². The minimum absolute atomic E-state index is 0.0874. The van der Waals surface area contributed by atoms with E-state index in [-0.39, 0.29) is 41.9 Å². The molecule has 4 N–H and O–H groups in total. The molecule has 0 spiro atoms. The van der Waals surface area contributed by atoms with E-state index in [1.165, 1.54) is 4.68 Å². The lowest BCUT2D eigenvalue weighted by molar-refractivity contribution is -0.135. The van der Waals surface area contributed by atoms with Gasteiger partial charge >= 0.3 is 0 Å². The predicted octanol–water partition coefficient (Wildman–Crippen LogP) is 3.48. The maximum absolute atomic E-state index is 13.9. The van der Waals surface area contributed by atoms with E-state index in [1.54, 1.807) is 6.20 Å². The zero-order valence-electron chi connectivity index (χ0n) is 27.5. The van der Waals surface area contributed by atoms with Gasteiger partial charge in [-0.15, -0.1) is 5.10 Å². The van der Waals surface area contributed by atoms with E-state index in [0.717, 1.165) is 5.56 Å². The normalized spacial score (nSPS) is 24.0. The number of nitrogens with zero attached hydrogens (tertiary/aromatic N) is 3. The molecule has 0 unspecified atom stereocenters. The fourth-order valence-electron chi connectivity index (χ4n) is 5.58. The molecule has 5 atom stereocenters. The molecule has 0 aliphatic carbocycles. The molecule has 2 bridgehead atoms. The van der Waals surface area contributed by atoms with E-state index >= 15 is 0 Å². The number of fused-ring (bicyclic) bond motifs is 2. The standard InChI is InChI=1S/C33H51N7O4/c1-19(2)14-24-28-18-40(39-38-28)29(22(7)8)33(44)37-26(16-21(5)6)31(42)36-27(17-23-12-10-9-11-13-23)32(43)35-25(15-20(3)4)30(41)34-24/h9-13,18-22,24-27,29H,14-17H2,1-8H3,(H,34,41)(H,35,43)(H,36,42)(H,37,44)/t24-,25-,26-,27-,29-/m0/s1. The molecule has 2 heterocycles. The van der Waals surface area contributed by atoms with Crippen LogP contribution in [0.5, 0.6) is 0 Å². The minimum Gasteiger partial charge on any atom is -0.346 e. The van der Waals surface area contributed by atoms with Gasteiger partial charge in [0.15, 0.2) is 0 Å². The Hall–Kier alpha value is -3.76. The molecule has 1 aliphatic rings. The van der Waals surface area contributed by atoms with Gasteiger partial charge < -0.3 is 21.3 Å². The number of carbonyl (C=O) groups is 4. The third-order valence-electron chi connectivity index (χ3n) is 7.69. The zero-order chi connectivity index (χ0) is 32.6. The second-order valence-corrected chi connectivity index (χ2v) is 13.6. The third-order valence-corrected chi connectivity index (χ3v) is 7.69. The molecule has 3 rings (SSSR count). The Bertz CT molecular complexity index is 1260. The van der Waals surface area contributed by atoms with Crippen molar-refractivity contribution in [2.45, 2.75) is 111 Å². The van der Waals surface area contributed by atoms with Crippen molar-refractivity contribution in [3.63, 3.8) is 0 Å². The lowest BCUT2D eigenvalue weighted by atomic mass is 9.97. The second-order valence-electron chi connectivity index (χ2n) is 13.6. The van der Waals surface area contributed by atoms with Gasteiger partial charge in [-0.1, -0.05) is 90.9 Å². The van der Waals surface area contributed by atoms with Gasteiger partial charge in [-0.05, 0) is 48.5 Å². The molecule has 44 heavy (non-hydrogen) atoms. The van der Waals surface area contributed by atoms with Gasteiger partial charge in [-0.25, -0.2) is 4.68 Å². The first-order chi connectivity index (χ1) is 20.7. The van der Waals surface area contributed by atoms with Gasteiger partial charge in [0, 0.05) is 6.42 Å². The van der Waals surface area contributed by atoms with Crippen molar-refractivity contribution < 1.29 is 19.2 Å². The topological polar surface area (TPSA) is 147 Å². The van der Waals surface area contributed by atoms with Crippen LogP contribution in [0.3, 0.4) is 0 Å². The zero-order valence-corrected chi connectivity index (χ0v) is 27.5. The molecule has 1 aromatic heterocycles. The fraction of sp³-hybridized carbons (Fsp3) is 0.636. The Morgan fingerprint density at radius 3 is 1.61 bits per heavy atom. The first kappa shape index (κ1) is 34.7. The number of aromatic nitrogens is 3. The lowest BCUT2D eigenvalue weighted by Crippen LogP contribution is -2.58. The van der Waals surface area contributed by atoms with Crippen molar-refractivity contribution in [2.75, 3.05) is 0 Å². The van der Waals surface area contributed by atoms with Crippen LogP contribution in [0, 0.1) is 23.7 Å². The Balaban J connectivity index is 2.11. The molecule has 11 nitrogen and oxygen atoms in total. The lowest BCUT2D eigenvalue weighted by Gasteiger charge is -2.29. The van der Waals surface area contributed by atoms with E-state index in [0.29, 0.717) is 25.0 Å². The number of hydrogen-bond donors (Lipinski definition) is 4. The number of hydrogen-bond acceptors (Lipinski definition) is 6. The highest BCUT2D eigenvalue weighted by molar-refractivity contribution is 5.95. The van der Waals surface area contributed by atoms with Crippen molar-refractivity contribution in [1.82, 2.24) is 36.3 Å². The molecule has 0 fully saturated rings. The molecule has 0 saturated carbocycles. The molecular formula is C33H51N7O4. The Labute approximate surface area is 261 Å². The number of carbonyl (C=O) groups excluding carboxylic acids is 4. The van der Waals surface area contributed by atoms with Crippen LogP contribution in [0.15, 0.2) is 36.5 Å². The van der Waals surface area contributed by atoms with Crippen molar-refractivity contribution >= 4 is 23.6 Å². The first-order valence-electron chi connectivity index (χ1n) is 15.9. The van der Waals surface area contributed by atoms with Gasteiger partial charge in [-0.2, -0.15) is 0 Å². The van der Waals surface area contributed by atoms with Crippen molar-refractivity contribution in [3.8, 4) is 0 Å². The highest BCUT2D eigenvalue weighted by atomic mass is 16.2. The summed E-state index contributed by atoms with van der Waals surface area (Å²) in [6, 6.07) is 5.52. The number of nitrogens with one attached hydrogen (secondary N) is 4. The Morgan fingerprint density at radius 2 is 1.09 bits per heavy atom. The Kier molecular flexibility index (Phi) is 12.5. The minimum atomic E-state index is -0.966. The van der Waals surface area contributed by atoms with Gasteiger partial charge in [-0.3, -0.25) is 19.2 Å². The average Bonchev–Trinajstić information content (AvgIpc) is 3.40. The third kappa shape index (κ3) is 9.89. The molecular weight excluding hydrogens is 558 g/mol. The van der Waals surface area contributed by atoms with Crippen LogP contribution in [-0.2, 0) is 25.6 Å². The maximum atomic E-state index is 13.9. The predicted molar refractivity (Wildman–Crippen MR) is 169 cm³/mol. The first-order valence-corrected chi connectivity index (χ1v) is 15.9. The number of benzene rings is 1. The van der Waals surface area contributed by atoms with Crippen LogP contribution >= 0.6 is 0 Å². The van der Waals surface area contributed by atoms with E-state index in [9.17, 15) is 19.2 Å². The van der Waals surface area contributed by atoms with E-state index in [2.05, 4.69) is 45.4 Å². The highest BCUT2D eigenvalue weighted by Crippen LogP contribution is 2.24. The summed E-state index contributed by atoms with van der Waals surface area (Å²) in [5.41, 5.74) is 1.39. The van der Waals surface area contributed by atoms with Crippen LogP contribution < -0.4 is 21.3 Å². The molecule has 4 amide bonds. The van der Waals surface area contributed by atoms with Crippen molar-refractivity contribution in [3.05, 3.63) is 47.8 Å². The van der Waals surface area contributed by atoms with Gasteiger partial charge in [0.25, 0.3) is 0 Å². The summed E-state index contributed by atoms with van der Waals surface area (Å²) in [6.45, 7) is 15.9. The van der Waals surface area contributed by atoms with E-state index in [1.807, 2.05) is 71.9 Å². The Morgan fingerprint density at radius 1 is 0.636 bits per heavy atom. The fourth-order valence-corrected chi connectivity index (χ4v) is 5.58. The largest absolute Gasteiger partial charge is 0.346 e. The highest BCUT2D eigenvalue weighted by Gasteiger charge is 2.35. The quantitative estimate of drug-likeness (QED) is 0.342. The molecule has 242 valence electrons. The average molecular weight is 610 g/mol. The smallest absolute Gasteiger partial charge is 0.245 e. The summed E-state index contributed by atoms with van der Waals surface area (Å²) in [5, 5.41) is 20.6. The van der Waals surface area contributed by atoms with Crippen LogP contribution in [0.25, 0.3) is 0 Å². The SMILES string of the molecule is CC(C)C[C@@H]1NC(=O)[C@H](Cc2ccccc2)NC(=O)[C@H](CC(C)C)NC(=O)[C@H](C(C)C)n2cc(nn2)[C@H](CC(C)C)NC1=O. The van der Waals surface area contributed by atoms with E-state index in [4.69, 9.17) is 0 Å². The molecule has 2 aromatic rings. The summed E-state index contributed by atoms with van der Waals surface area (Å²) < 4.78 is 1.52. The van der Waals surface area contributed by atoms with Crippen molar-refractivity contribution in [1.29, 1.82) is 0 Å². The van der Waals surface area contributed by atoms with Crippen LogP contribution in [0.2, 0.25) is 0 Å². The van der Waals surface area contributed by atoms with Crippen LogP contribution in [0.1, 0.15) is 98.0 Å². The second kappa shape index (κ2) is 15.8. The monoisotopic (exact) mass is 609 g/mol. The van der Waals surface area contributed by atoms with Crippen molar-refractivity contribution in [2.24, 2.45) is 23.7 Å². The summed E-state index contributed by atoms with van der Waals surface area (Å²) in [6.07, 6.45) is 3.30. The van der Waals surface area contributed by atoms with E-state index < -0.39 is 42.0 Å². The summed E-state index contributed by atoms with van der Waals surface area (Å²) in [4.78, 5) is 55.2. The number of rotatable bonds is 9. The molecule has 1 aliphatic heterocycles. The van der Waals surface area contributed by atoms with Crippen LogP contribution in [0.4, 0.5) is 0 Å². The summed E-state index contributed by atoms with van der Waals surface area (Å²) >= 11 is 0. The van der Waals surface area contributed by atoms with Gasteiger partial charge in [0.05, 0.1) is 12.2 Å². The van der Waals surface area contributed by atoms with Gasteiger partial charge in [0.2, 0.25) is 23.6 Å².